The lowest BCUT2D eigenvalue weighted by atomic mass is 10.0. The molecule has 2 aliphatic heterocycles. The molecule has 6 rings (SSSR count). The number of benzene rings is 4. The average molecular weight is 618 g/mol. The van der Waals surface area contributed by atoms with E-state index in [0.717, 1.165) is 22.4 Å². The van der Waals surface area contributed by atoms with Crippen LogP contribution in [-0.2, 0) is 11.3 Å². The largest absolute Gasteiger partial charge is 0.454 e. The second kappa shape index (κ2) is 14.2. The maximum absolute atomic E-state index is 13.6. The Labute approximate surface area is 267 Å². The van der Waals surface area contributed by atoms with Gasteiger partial charge in [0.2, 0.25) is 6.79 Å². The summed E-state index contributed by atoms with van der Waals surface area (Å²) in [5, 5.41) is 12.2. The number of nitrogens with two attached hydrogens (primary N) is 1. The Morgan fingerprint density at radius 3 is 2.43 bits per heavy atom. The van der Waals surface area contributed by atoms with Crippen LogP contribution >= 0.6 is 0 Å². The molecule has 0 bridgehead atoms. The molecule has 0 aromatic heterocycles. The van der Waals surface area contributed by atoms with Gasteiger partial charge in [0.1, 0.15) is 0 Å². The number of fused-ring (bicyclic) bond motifs is 1. The fourth-order valence-electron chi connectivity index (χ4n) is 5.60. The Hall–Kier alpha value is -5.37. The van der Waals surface area contributed by atoms with E-state index in [9.17, 15) is 9.59 Å². The molecule has 4 aromatic rings. The molecule has 0 saturated carbocycles. The van der Waals surface area contributed by atoms with Gasteiger partial charge in [-0.05, 0) is 90.3 Å². The van der Waals surface area contributed by atoms with Gasteiger partial charge >= 0.3 is 0 Å². The Bertz CT molecular complexity index is 1760. The second-order valence-electron chi connectivity index (χ2n) is 11.1. The number of carbonyl (C=O) groups is 2. The van der Waals surface area contributed by atoms with Crippen LogP contribution in [0.3, 0.4) is 0 Å². The molecule has 0 radical (unpaired) electrons. The molecule has 1 fully saturated rings. The van der Waals surface area contributed by atoms with E-state index in [1.54, 1.807) is 47.4 Å². The van der Waals surface area contributed by atoms with Gasteiger partial charge < -0.3 is 35.1 Å². The van der Waals surface area contributed by atoms with E-state index in [4.69, 9.17) is 25.2 Å². The molecule has 0 spiro atoms. The average Bonchev–Trinajstić information content (AvgIpc) is 3.58. The number of hydrogen-bond acceptors (Lipinski definition) is 8. The Kier molecular flexibility index (Phi) is 9.43. The zero-order valence-corrected chi connectivity index (χ0v) is 25.4. The topological polar surface area (TPSA) is 130 Å². The molecule has 2 heterocycles. The van der Waals surface area contributed by atoms with Crippen LogP contribution in [0.25, 0.3) is 11.1 Å². The van der Waals surface area contributed by atoms with E-state index < -0.39 is 0 Å². The zero-order valence-electron chi connectivity index (χ0n) is 25.4. The van der Waals surface area contributed by atoms with Crippen LogP contribution < -0.4 is 25.4 Å². The molecule has 10 heteroatoms. The highest BCUT2D eigenvalue weighted by Gasteiger charge is 2.22. The number of ether oxygens (including phenoxy) is 3. The predicted molar refractivity (Wildman–Crippen MR) is 175 cm³/mol. The molecule has 2 aliphatic rings. The van der Waals surface area contributed by atoms with Crippen LogP contribution in [0.15, 0.2) is 84.9 Å². The summed E-state index contributed by atoms with van der Waals surface area (Å²) in [6, 6.07) is 28.0. The van der Waals surface area contributed by atoms with Crippen LogP contribution in [0.5, 0.6) is 11.5 Å². The summed E-state index contributed by atoms with van der Waals surface area (Å²) in [7, 11) is 0. The van der Waals surface area contributed by atoms with Crippen molar-refractivity contribution >= 4 is 23.2 Å². The van der Waals surface area contributed by atoms with Crippen LogP contribution in [-0.4, -0.2) is 62.9 Å². The van der Waals surface area contributed by atoms with E-state index in [1.165, 1.54) is 0 Å². The summed E-state index contributed by atoms with van der Waals surface area (Å²) in [6.07, 6.45) is 0.668. The van der Waals surface area contributed by atoms with Crippen molar-refractivity contribution in [2.75, 3.05) is 56.4 Å². The smallest absolute Gasteiger partial charge is 0.255 e. The maximum atomic E-state index is 13.6. The van der Waals surface area contributed by atoms with Crippen molar-refractivity contribution in [3.8, 4) is 28.7 Å². The molecular weight excluding hydrogens is 582 g/mol. The van der Waals surface area contributed by atoms with Crippen molar-refractivity contribution < 1.29 is 23.8 Å². The van der Waals surface area contributed by atoms with Gasteiger partial charge in [0.05, 0.1) is 36.2 Å². The van der Waals surface area contributed by atoms with E-state index in [2.05, 4.69) is 22.4 Å². The summed E-state index contributed by atoms with van der Waals surface area (Å²) in [4.78, 5) is 30.9. The van der Waals surface area contributed by atoms with Crippen molar-refractivity contribution in [3.05, 3.63) is 107 Å². The molecule has 234 valence electrons. The van der Waals surface area contributed by atoms with Crippen molar-refractivity contribution in [1.82, 2.24) is 4.90 Å². The minimum atomic E-state index is -0.262. The molecule has 46 heavy (non-hydrogen) atoms. The predicted octanol–water partition coefficient (Wildman–Crippen LogP) is 5.03. The van der Waals surface area contributed by atoms with Crippen LogP contribution in [0, 0.1) is 11.3 Å². The molecule has 0 atom stereocenters. The molecule has 1 saturated heterocycles. The Morgan fingerprint density at radius 2 is 1.65 bits per heavy atom. The maximum Gasteiger partial charge on any atom is 0.255 e. The normalized spacial score (nSPS) is 13.6. The lowest BCUT2D eigenvalue weighted by Gasteiger charge is -2.31. The van der Waals surface area contributed by atoms with E-state index in [-0.39, 0.29) is 18.6 Å². The number of hydrogen-bond donors (Lipinski definition) is 2. The third-order valence-corrected chi connectivity index (χ3v) is 8.05. The molecule has 0 unspecified atom stereocenters. The number of carbonyl (C=O) groups excluding carboxylic acids is 2. The van der Waals surface area contributed by atoms with Crippen molar-refractivity contribution in [2.45, 2.75) is 13.0 Å². The van der Waals surface area contributed by atoms with Crippen molar-refractivity contribution in [2.24, 2.45) is 5.73 Å². The van der Waals surface area contributed by atoms with Gasteiger partial charge in [0, 0.05) is 37.3 Å². The minimum Gasteiger partial charge on any atom is -0.454 e. The number of nitriles is 1. The first-order valence-corrected chi connectivity index (χ1v) is 15.3. The fraction of sp³-hybridized carbons (Fsp3) is 0.250. The second-order valence-corrected chi connectivity index (χ2v) is 11.1. The van der Waals surface area contributed by atoms with Gasteiger partial charge in [-0.15, -0.1) is 0 Å². The number of anilines is 2. The molecule has 0 aliphatic carbocycles. The number of amides is 2. The van der Waals surface area contributed by atoms with Crippen molar-refractivity contribution in [1.29, 1.82) is 5.26 Å². The number of nitrogens with one attached hydrogen (secondary N) is 1. The molecule has 4 aromatic carbocycles. The first kappa shape index (κ1) is 30.6. The van der Waals surface area contributed by atoms with Crippen LogP contribution in [0.2, 0.25) is 0 Å². The number of rotatable bonds is 10. The van der Waals surface area contributed by atoms with Gasteiger partial charge in [-0.1, -0.05) is 24.3 Å². The zero-order chi connectivity index (χ0) is 31.9. The number of nitrogens with zero attached hydrogens (tertiary/aromatic N) is 3. The highest BCUT2D eigenvalue weighted by atomic mass is 16.7. The van der Waals surface area contributed by atoms with Crippen LogP contribution in [0.1, 0.15) is 38.3 Å². The van der Waals surface area contributed by atoms with Crippen LogP contribution in [0.4, 0.5) is 11.4 Å². The summed E-state index contributed by atoms with van der Waals surface area (Å²) in [5.41, 5.74) is 11.7. The summed E-state index contributed by atoms with van der Waals surface area (Å²) < 4.78 is 16.5. The van der Waals surface area contributed by atoms with Crippen molar-refractivity contribution in [3.63, 3.8) is 0 Å². The highest BCUT2D eigenvalue weighted by Crippen LogP contribution is 2.34. The molecule has 3 N–H and O–H groups in total. The summed E-state index contributed by atoms with van der Waals surface area (Å²) in [6.45, 7) is 4.16. The quantitative estimate of drug-likeness (QED) is 0.253. The molecule has 10 nitrogen and oxygen atoms in total. The lowest BCUT2D eigenvalue weighted by molar-refractivity contribution is 0.0741. The van der Waals surface area contributed by atoms with Gasteiger partial charge in [-0.25, -0.2) is 0 Å². The van der Waals surface area contributed by atoms with Gasteiger partial charge in [-0.2, -0.15) is 5.26 Å². The first-order valence-electron chi connectivity index (χ1n) is 15.3. The monoisotopic (exact) mass is 617 g/mol. The highest BCUT2D eigenvalue weighted by molar-refractivity contribution is 6.06. The molecular formula is C36H35N5O5. The van der Waals surface area contributed by atoms with E-state index in [1.807, 2.05) is 36.4 Å². The van der Waals surface area contributed by atoms with E-state index in [0.29, 0.717) is 86.2 Å². The van der Waals surface area contributed by atoms with Gasteiger partial charge in [-0.3, -0.25) is 9.59 Å². The molecule has 2 amide bonds. The van der Waals surface area contributed by atoms with Gasteiger partial charge in [0.25, 0.3) is 11.8 Å². The number of morpholine rings is 1. The van der Waals surface area contributed by atoms with Gasteiger partial charge in [0.15, 0.2) is 11.5 Å². The summed E-state index contributed by atoms with van der Waals surface area (Å²) >= 11 is 0. The lowest BCUT2D eigenvalue weighted by Crippen LogP contribution is -2.36. The first-order chi connectivity index (χ1) is 22.5. The minimum absolute atomic E-state index is 0.111. The van der Waals surface area contributed by atoms with E-state index >= 15 is 0 Å². The third kappa shape index (κ3) is 6.96. The standard InChI is InChI=1S/C36H35N5O5/c37-13-2-14-41(36(43)30-10-12-33-34(21-30)46-24-45-33)23-26-3-1-4-28(19-26)29-9-11-32(40-15-17-44-18-16-40)31(20-29)39-35(42)27-7-5-25(22-38)6-8-27/h1,3-12,19-21H,2,13-18,23-24,37H2,(H,39,42). The Balaban J connectivity index is 1.27. The SMILES string of the molecule is N#Cc1ccc(C(=O)Nc2cc(-c3cccc(CN(CCCN)C(=O)c4ccc5c(c4)OCO5)c3)ccc2N2CCOCC2)cc1. The fourth-order valence-corrected chi connectivity index (χ4v) is 5.60. The Morgan fingerprint density at radius 1 is 0.891 bits per heavy atom. The summed E-state index contributed by atoms with van der Waals surface area (Å²) in [5.74, 6) is 0.821. The third-order valence-electron chi connectivity index (χ3n) is 8.05.